The molecule has 1 aliphatic rings. The lowest BCUT2D eigenvalue weighted by Gasteiger charge is -2.16. The number of likely N-dealkylation sites (tertiary alicyclic amines) is 1. The molecule has 1 N–H and O–H groups in total. The highest BCUT2D eigenvalue weighted by Gasteiger charge is 2.28. The first-order valence-corrected chi connectivity index (χ1v) is 8.02. The van der Waals surface area contributed by atoms with Crippen LogP contribution in [0.25, 0.3) is 0 Å². The van der Waals surface area contributed by atoms with Crippen LogP contribution in [0.5, 0.6) is 0 Å². The molecule has 0 saturated carbocycles. The maximum atomic E-state index is 12.0. The summed E-state index contributed by atoms with van der Waals surface area (Å²) in [4.78, 5) is 13.7. The van der Waals surface area contributed by atoms with Crippen LogP contribution in [0.4, 0.5) is 13.2 Å². The Hall–Kier alpha value is -1.56. The maximum Gasteiger partial charge on any atom is 0.389 e. The first kappa shape index (κ1) is 17.8. The highest BCUT2D eigenvalue weighted by Crippen LogP contribution is 2.22. The number of carbonyl (C=O) groups excluding carboxylic acids is 1. The van der Waals surface area contributed by atoms with Crippen LogP contribution in [0.1, 0.15) is 31.2 Å². The highest BCUT2D eigenvalue weighted by molar-refractivity contribution is 5.75. The number of halogens is 3. The molecule has 0 bridgehead atoms. The number of hydrogen-bond acceptors (Lipinski definition) is 2. The zero-order valence-corrected chi connectivity index (χ0v) is 13.1. The van der Waals surface area contributed by atoms with Crippen LogP contribution in [0.3, 0.4) is 0 Å². The van der Waals surface area contributed by atoms with Crippen LogP contribution in [0.2, 0.25) is 0 Å². The molecule has 1 heterocycles. The van der Waals surface area contributed by atoms with Crippen molar-refractivity contribution in [3.8, 4) is 0 Å². The van der Waals surface area contributed by atoms with Crippen molar-refractivity contribution >= 4 is 5.91 Å². The van der Waals surface area contributed by atoms with Crippen molar-refractivity contribution in [1.29, 1.82) is 0 Å². The van der Waals surface area contributed by atoms with E-state index in [1.54, 1.807) is 0 Å². The van der Waals surface area contributed by atoms with Crippen LogP contribution in [0, 0.1) is 5.92 Å². The lowest BCUT2D eigenvalue weighted by molar-refractivity contribution is -0.144. The number of nitrogens with one attached hydrogen (secondary N) is 1. The molecule has 23 heavy (non-hydrogen) atoms. The normalized spacial score (nSPS) is 19.0. The van der Waals surface area contributed by atoms with E-state index >= 15 is 0 Å². The van der Waals surface area contributed by atoms with Crippen molar-refractivity contribution in [2.75, 3.05) is 19.6 Å². The number of rotatable bonds is 7. The molecule has 1 aromatic carbocycles. The molecule has 0 aliphatic carbocycles. The van der Waals surface area contributed by atoms with Crippen molar-refractivity contribution in [3.05, 3.63) is 35.9 Å². The zero-order chi connectivity index (χ0) is 16.7. The minimum atomic E-state index is -4.26. The van der Waals surface area contributed by atoms with Gasteiger partial charge < -0.3 is 5.32 Å². The third-order valence-electron chi connectivity index (χ3n) is 4.13. The summed E-state index contributed by atoms with van der Waals surface area (Å²) in [5.41, 5.74) is 1.29. The summed E-state index contributed by atoms with van der Waals surface area (Å²) in [7, 11) is 0. The maximum absolute atomic E-state index is 12.0. The van der Waals surface area contributed by atoms with E-state index in [4.69, 9.17) is 0 Å². The molecule has 3 nitrogen and oxygen atoms in total. The highest BCUT2D eigenvalue weighted by atomic mass is 19.4. The molecule has 1 aromatic rings. The van der Waals surface area contributed by atoms with Crippen LogP contribution in [0.15, 0.2) is 30.3 Å². The van der Waals surface area contributed by atoms with Gasteiger partial charge >= 0.3 is 6.18 Å². The molecule has 1 fully saturated rings. The van der Waals surface area contributed by atoms with E-state index in [2.05, 4.69) is 22.3 Å². The summed E-state index contributed by atoms with van der Waals surface area (Å²) in [6.07, 6.45) is -3.89. The van der Waals surface area contributed by atoms with Gasteiger partial charge in [0.25, 0.3) is 0 Å². The first-order valence-electron chi connectivity index (χ1n) is 8.02. The lowest BCUT2D eigenvalue weighted by atomic mass is 10.1. The molecule has 6 heteroatoms. The van der Waals surface area contributed by atoms with Gasteiger partial charge in [0.05, 0.1) is 6.42 Å². The molecule has 0 spiro atoms. The van der Waals surface area contributed by atoms with E-state index in [0.29, 0.717) is 12.5 Å². The van der Waals surface area contributed by atoms with E-state index in [0.717, 1.165) is 32.5 Å². The van der Waals surface area contributed by atoms with Crippen molar-refractivity contribution < 1.29 is 18.0 Å². The Morgan fingerprint density at radius 1 is 1.26 bits per heavy atom. The molecular formula is C17H23F3N2O. The smallest absolute Gasteiger partial charge is 0.356 e. The second kappa shape index (κ2) is 8.34. The molecule has 0 radical (unpaired) electrons. The first-order chi connectivity index (χ1) is 10.9. The Bertz CT molecular complexity index is 490. The van der Waals surface area contributed by atoms with Gasteiger partial charge in [0.15, 0.2) is 0 Å². The monoisotopic (exact) mass is 328 g/mol. The predicted octanol–water partition coefficient (Wildman–Crippen LogP) is 3.36. The molecule has 1 unspecified atom stereocenters. The molecule has 1 atom stereocenters. The zero-order valence-electron chi connectivity index (χ0n) is 13.1. The molecule has 2 rings (SSSR count). The van der Waals surface area contributed by atoms with Gasteiger partial charge in [-0.3, -0.25) is 9.69 Å². The van der Waals surface area contributed by atoms with Crippen LogP contribution < -0.4 is 5.32 Å². The summed E-state index contributed by atoms with van der Waals surface area (Å²) < 4.78 is 36.1. The average molecular weight is 328 g/mol. The molecule has 128 valence electrons. The van der Waals surface area contributed by atoms with Gasteiger partial charge in [0.1, 0.15) is 0 Å². The topological polar surface area (TPSA) is 32.3 Å². The number of benzene rings is 1. The summed E-state index contributed by atoms with van der Waals surface area (Å²) >= 11 is 0. The second-order valence-corrected chi connectivity index (χ2v) is 6.13. The Labute approximate surface area is 134 Å². The molecule has 0 aromatic heterocycles. The van der Waals surface area contributed by atoms with E-state index in [1.807, 2.05) is 18.2 Å². The standard InChI is InChI=1S/C17H23F3N2O/c18-17(19,20)9-6-16(23)21-10-7-15-8-11-22(13-15)12-14-4-2-1-3-5-14/h1-5,15H,6-13H2,(H,21,23). The van der Waals surface area contributed by atoms with E-state index in [-0.39, 0.29) is 0 Å². The van der Waals surface area contributed by atoms with Crippen LogP contribution >= 0.6 is 0 Å². The fourth-order valence-electron chi connectivity index (χ4n) is 2.89. The van der Waals surface area contributed by atoms with E-state index in [9.17, 15) is 18.0 Å². The summed E-state index contributed by atoms with van der Waals surface area (Å²) in [6.45, 7) is 3.39. The average Bonchev–Trinajstić information content (AvgIpc) is 2.93. The molecule has 1 saturated heterocycles. The van der Waals surface area contributed by atoms with Crippen molar-refractivity contribution in [1.82, 2.24) is 10.2 Å². The largest absolute Gasteiger partial charge is 0.389 e. The number of amides is 1. The van der Waals surface area contributed by atoms with Gasteiger partial charge in [-0.2, -0.15) is 13.2 Å². The number of nitrogens with zero attached hydrogens (tertiary/aromatic N) is 1. The third kappa shape index (κ3) is 7.03. The Morgan fingerprint density at radius 3 is 2.70 bits per heavy atom. The molecular weight excluding hydrogens is 305 g/mol. The lowest BCUT2D eigenvalue weighted by Crippen LogP contribution is -2.28. The number of carbonyl (C=O) groups is 1. The van der Waals surface area contributed by atoms with Gasteiger partial charge in [0.2, 0.25) is 5.91 Å². The summed E-state index contributed by atoms with van der Waals surface area (Å²) in [6, 6.07) is 10.3. The minimum absolute atomic E-state index is 0.459. The molecule has 1 aliphatic heterocycles. The quantitative estimate of drug-likeness (QED) is 0.832. The van der Waals surface area contributed by atoms with Crippen molar-refractivity contribution in [2.45, 2.75) is 38.4 Å². The van der Waals surface area contributed by atoms with E-state index in [1.165, 1.54) is 5.56 Å². The number of hydrogen-bond donors (Lipinski definition) is 1. The van der Waals surface area contributed by atoms with Gasteiger partial charge in [0, 0.05) is 26.1 Å². The summed E-state index contributed by atoms with van der Waals surface area (Å²) in [5.74, 6) is -0.0110. The Morgan fingerprint density at radius 2 is 2.00 bits per heavy atom. The van der Waals surface area contributed by atoms with Gasteiger partial charge in [-0.15, -0.1) is 0 Å². The molecule has 1 amide bonds. The SMILES string of the molecule is O=C(CCC(F)(F)F)NCCC1CCN(Cc2ccccc2)C1. The Kier molecular flexibility index (Phi) is 6.45. The fraction of sp³-hybridized carbons (Fsp3) is 0.588. The third-order valence-corrected chi connectivity index (χ3v) is 4.13. The van der Waals surface area contributed by atoms with Gasteiger partial charge in [-0.1, -0.05) is 30.3 Å². The minimum Gasteiger partial charge on any atom is -0.356 e. The Balaban J connectivity index is 1.60. The van der Waals surface area contributed by atoms with Crippen LogP contribution in [-0.4, -0.2) is 36.6 Å². The fourth-order valence-corrected chi connectivity index (χ4v) is 2.89. The van der Waals surface area contributed by atoms with E-state index < -0.39 is 24.9 Å². The van der Waals surface area contributed by atoms with Crippen molar-refractivity contribution in [3.63, 3.8) is 0 Å². The van der Waals surface area contributed by atoms with Crippen molar-refractivity contribution in [2.24, 2.45) is 5.92 Å². The predicted molar refractivity (Wildman–Crippen MR) is 82.7 cm³/mol. The number of alkyl halides is 3. The van der Waals surface area contributed by atoms with Gasteiger partial charge in [-0.25, -0.2) is 0 Å². The van der Waals surface area contributed by atoms with Crippen LogP contribution in [-0.2, 0) is 11.3 Å². The van der Waals surface area contributed by atoms with Gasteiger partial charge in [-0.05, 0) is 30.9 Å². The summed E-state index contributed by atoms with van der Waals surface area (Å²) in [5, 5.41) is 2.59. The second-order valence-electron chi connectivity index (χ2n) is 6.13.